The van der Waals surface area contributed by atoms with Gasteiger partial charge in [0.15, 0.2) is 17.6 Å². The van der Waals surface area contributed by atoms with Gasteiger partial charge in [-0.05, 0) is 43.2 Å². The van der Waals surface area contributed by atoms with Crippen molar-refractivity contribution in [2.45, 2.75) is 26.4 Å². The molecule has 2 aliphatic rings. The second-order valence-corrected chi connectivity index (χ2v) is 6.51. The molecule has 1 atom stereocenters. The number of hydrogen-bond donors (Lipinski definition) is 1. The molecule has 0 aromatic heterocycles. The average Bonchev–Trinajstić information content (AvgIpc) is 2.78. The smallest absolute Gasteiger partial charge is 0.203 e. The third kappa shape index (κ3) is 2.60. The molecular weight excluding hydrogens is 316 g/mol. The molecule has 0 bridgehead atoms. The average molecular weight is 338 g/mol. The zero-order valence-electron chi connectivity index (χ0n) is 15.0. The molecular formula is C20H22N2O3. The van der Waals surface area contributed by atoms with E-state index >= 15 is 0 Å². The van der Waals surface area contributed by atoms with E-state index in [9.17, 15) is 0 Å². The lowest BCUT2D eigenvalue weighted by Gasteiger charge is -2.28. The minimum atomic E-state index is -0.124. The van der Waals surface area contributed by atoms with Gasteiger partial charge in [0.25, 0.3) is 0 Å². The van der Waals surface area contributed by atoms with Crippen molar-refractivity contribution in [3.8, 4) is 17.2 Å². The number of aryl methyl sites for hydroxylation is 2. The van der Waals surface area contributed by atoms with Crippen molar-refractivity contribution in [3.05, 3.63) is 41.0 Å². The Morgan fingerprint density at radius 2 is 1.92 bits per heavy atom. The van der Waals surface area contributed by atoms with Crippen molar-refractivity contribution in [2.75, 3.05) is 26.1 Å². The first-order valence-corrected chi connectivity index (χ1v) is 8.43. The van der Waals surface area contributed by atoms with E-state index in [4.69, 9.17) is 19.2 Å². The fourth-order valence-corrected chi connectivity index (χ4v) is 3.39. The Morgan fingerprint density at radius 1 is 1.12 bits per heavy atom. The lowest BCUT2D eigenvalue weighted by Crippen LogP contribution is -2.38. The Kier molecular flexibility index (Phi) is 3.79. The van der Waals surface area contributed by atoms with Crippen LogP contribution in [-0.2, 0) is 6.42 Å². The summed E-state index contributed by atoms with van der Waals surface area (Å²) in [7, 11) is 3.27. The molecule has 2 aromatic carbocycles. The van der Waals surface area contributed by atoms with Crippen LogP contribution >= 0.6 is 0 Å². The molecule has 0 saturated carbocycles. The number of fused-ring (bicyclic) bond motifs is 3. The fraction of sp³-hybridized carbons (Fsp3) is 0.350. The van der Waals surface area contributed by atoms with Crippen molar-refractivity contribution in [1.82, 2.24) is 0 Å². The second kappa shape index (κ2) is 5.99. The Labute approximate surface area is 147 Å². The molecule has 0 radical (unpaired) electrons. The van der Waals surface area contributed by atoms with Crippen LogP contribution in [0.5, 0.6) is 17.2 Å². The number of methoxy groups -OCH3 is 2. The van der Waals surface area contributed by atoms with Gasteiger partial charge in [0.1, 0.15) is 0 Å². The molecule has 1 N–H and O–H groups in total. The van der Waals surface area contributed by atoms with Gasteiger partial charge in [-0.1, -0.05) is 6.07 Å². The highest BCUT2D eigenvalue weighted by molar-refractivity contribution is 5.97. The van der Waals surface area contributed by atoms with Gasteiger partial charge in [0.05, 0.1) is 37.9 Å². The first-order valence-electron chi connectivity index (χ1n) is 8.43. The second-order valence-electron chi connectivity index (χ2n) is 6.51. The number of anilines is 1. The molecule has 5 nitrogen and oxygen atoms in total. The highest BCUT2D eigenvalue weighted by Crippen LogP contribution is 2.44. The summed E-state index contributed by atoms with van der Waals surface area (Å²) >= 11 is 0. The molecule has 0 unspecified atom stereocenters. The zero-order chi connectivity index (χ0) is 17.6. The van der Waals surface area contributed by atoms with Crippen LogP contribution in [-0.4, -0.2) is 32.6 Å². The maximum Gasteiger partial charge on any atom is 0.203 e. The van der Waals surface area contributed by atoms with Crippen molar-refractivity contribution in [1.29, 1.82) is 0 Å². The monoisotopic (exact) mass is 338 g/mol. The number of nitrogens with one attached hydrogen (secondary N) is 1. The van der Waals surface area contributed by atoms with E-state index in [1.165, 1.54) is 11.1 Å². The van der Waals surface area contributed by atoms with Crippen LogP contribution in [0, 0.1) is 13.8 Å². The molecule has 0 spiro atoms. The Bertz CT molecular complexity index is 874. The Balaban J connectivity index is 1.77. The molecule has 2 aromatic rings. The molecule has 5 heteroatoms. The summed E-state index contributed by atoms with van der Waals surface area (Å²) in [6.07, 6.45) is 0.621. The van der Waals surface area contributed by atoms with E-state index in [2.05, 4.69) is 31.3 Å². The van der Waals surface area contributed by atoms with Crippen LogP contribution in [0.25, 0.3) is 0 Å². The van der Waals surface area contributed by atoms with E-state index in [0.29, 0.717) is 18.0 Å². The third-order valence-electron chi connectivity index (χ3n) is 4.94. The van der Waals surface area contributed by atoms with E-state index in [0.717, 1.165) is 34.8 Å². The number of hydrogen-bond acceptors (Lipinski definition) is 5. The van der Waals surface area contributed by atoms with E-state index in [-0.39, 0.29) is 6.10 Å². The van der Waals surface area contributed by atoms with Gasteiger partial charge < -0.3 is 19.5 Å². The van der Waals surface area contributed by atoms with Gasteiger partial charge in [-0.15, -0.1) is 0 Å². The van der Waals surface area contributed by atoms with E-state index in [1.807, 2.05) is 12.1 Å². The third-order valence-corrected chi connectivity index (χ3v) is 4.94. The number of nitrogens with zero attached hydrogens (tertiary/aromatic N) is 1. The number of ether oxygens (including phenoxy) is 3. The maximum absolute atomic E-state index is 6.27. The lowest BCUT2D eigenvalue weighted by atomic mass is 9.99. The SMILES string of the molecule is COc1ccc2c(c1OC)O[C@H]1CNc3cc(C)c(C)cc3N=C1C2. The van der Waals surface area contributed by atoms with Gasteiger partial charge >= 0.3 is 0 Å². The van der Waals surface area contributed by atoms with Gasteiger partial charge in [0.2, 0.25) is 5.75 Å². The van der Waals surface area contributed by atoms with Gasteiger partial charge in [-0.3, -0.25) is 4.99 Å². The van der Waals surface area contributed by atoms with Crippen molar-refractivity contribution >= 4 is 17.1 Å². The van der Waals surface area contributed by atoms with Gasteiger partial charge in [-0.2, -0.15) is 0 Å². The predicted molar refractivity (Wildman–Crippen MR) is 99.2 cm³/mol. The van der Waals surface area contributed by atoms with Crippen molar-refractivity contribution in [2.24, 2.45) is 4.99 Å². The molecule has 2 aliphatic heterocycles. The molecule has 0 aliphatic carbocycles. The number of aliphatic imine (C=N–C) groups is 1. The summed E-state index contributed by atoms with van der Waals surface area (Å²) in [6.45, 7) is 4.90. The van der Waals surface area contributed by atoms with E-state index in [1.54, 1.807) is 14.2 Å². The van der Waals surface area contributed by atoms with Crippen molar-refractivity contribution in [3.63, 3.8) is 0 Å². The summed E-state index contributed by atoms with van der Waals surface area (Å²) in [5.74, 6) is 2.08. The highest BCUT2D eigenvalue weighted by Gasteiger charge is 2.31. The van der Waals surface area contributed by atoms with Gasteiger partial charge in [-0.25, -0.2) is 0 Å². The standard InChI is InChI=1S/C20H22N2O3/c1-11-7-14-15(8-12(11)2)22-16-9-13-5-6-17(23-3)20(24-4)19(13)25-18(16)10-21-14/h5-8,18,21H,9-10H2,1-4H3/t18-/m0/s1. The lowest BCUT2D eigenvalue weighted by molar-refractivity contribution is 0.246. The first-order chi connectivity index (χ1) is 12.1. The molecule has 0 fully saturated rings. The summed E-state index contributed by atoms with van der Waals surface area (Å²) in [5.41, 5.74) is 6.64. The van der Waals surface area contributed by atoms with Crippen LogP contribution in [0.3, 0.4) is 0 Å². The maximum atomic E-state index is 6.27. The quantitative estimate of drug-likeness (QED) is 0.904. The topological polar surface area (TPSA) is 52.1 Å². The van der Waals surface area contributed by atoms with E-state index < -0.39 is 0 Å². The molecule has 2 heterocycles. The minimum absolute atomic E-state index is 0.124. The van der Waals surface area contributed by atoms with Crippen LogP contribution in [0.2, 0.25) is 0 Å². The first kappa shape index (κ1) is 15.8. The molecule has 25 heavy (non-hydrogen) atoms. The summed E-state index contributed by atoms with van der Waals surface area (Å²) in [5, 5.41) is 3.48. The Hall–Kier alpha value is -2.69. The zero-order valence-corrected chi connectivity index (χ0v) is 15.0. The predicted octanol–water partition coefficient (Wildman–Crippen LogP) is 3.82. The normalized spacial score (nSPS) is 17.8. The van der Waals surface area contributed by atoms with Gasteiger partial charge in [0, 0.05) is 12.0 Å². The molecule has 0 saturated heterocycles. The van der Waals surface area contributed by atoms with Crippen LogP contribution in [0.15, 0.2) is 29.3 Å². The molecule has 0 amide bonds. The van der Waals surface area contributed by atoms with Crippen LogP contribution in [0.4, 0.5) is 11.4 Å². The van der Waals surface area contributed by atoms with Crippen LogP contribution < -0.4 is 19.5 Å². The molecule has 130 valence electrons. The number of benzene rings is 2. The number of rotatable bonds is 2. The molecule has 4 rings (SSSR count). The fourth-order valence-electron chi connectivity index (χ4n) is 3.39. The summed E-state index contributed by atoms with van der Waals surface area (Å²) < 4.78 is 17.2. The Morgan fingerprint density at radius 3 is 2.68 bits per heavy atom. The summed E-state index contributed by atoms with van der Waals surface area (Å²) in [4.78, 5) is 4.92. The largest absolute Gasteiger partial charge is 0.493 e. The van der Waals surface area contributed by atoms with Crippen molar-refractivity contribution < 1.29 is 14.2 Å². The minimum Gasteiger partial charge on any atom is -0.493 e. The summed E-state index contributed by atoms with van der Waals surface area (Å²) in [6, 6.07) is 8.23. The highest BCUT2D eigenvalue weighted by atomic mass is 16.5. The van der Waals surface area contributed by atoms with Crippen LogP contribution in [0.1, 0.15) is 16.7 Å².